The van der Waals surface area contributed by atoms with E-state index in [-0.39, 0.29) is 6.10 Å². The fraction of sp³-hybridized carbons (Fsp3) is 0.519. The number of piperidine rings is 1. The van der Waals surface area contributed by atoms with Gasteiger partial charge in [0, 0.05) is 24.1 Å². The second-order valence-electron chi connectivity index (χ2n) is 10.3. The summed E-state index contributed by atoms with van der Waals surface area (Å²) in [5, 5.41) is 16.6. The monoisotopic (exact) mass is 541 g/mol. The molecule has 1 fully saturated rings. The molecular formula is C27H36ClN7OS. The average Bonchev–Trinajstić information content (AvgIpc) is 3.19. The van der Waals surface area contributed by atoms with Gasteiger partial charge in [-0.15, -0.1) is 0 Å². The number of rotatable bonds is 7. The molecule has 1 unspecified atom stereocenters. The Morgan fingerprint density at radius 2 is 1.97 bits per heavy atom. The number of hydrogen-bond acceptors (Lipinski definition) is 8. The molecule has 198 valence electrons. The number of hydrogen-bond donors (Lipinski definition) is 3. The van der Waals surface area contributed by atoms with E-state index < -0.39 is 0 Å². The molecule has 0 spiro atoms. The quantitative estimate of drug-likeness (QED) is 0.299. The van der Waals surface area contributed by atoms with Crippen LogP contribution in [0.2, 0.25) is 5.02 Å². The van der Waals surface area contributed by atoms with E-state index in [1.54, 1.807) is 22.6 Å². The molecule has 8 nitrogen and oxygen atoms in total. The molecule has 1 saturated heterocycles. The summed E-state index contributed by atoms with van der Waals surface area (Å²) in [6, 6.07) is 2.19. The van der Waals surface area contributed by atoms with Gasteiger partial charge >= 0.3 is 0 Å². The van der Waals surface area contributed by atoms with Crippen molar-refractivity contribution in [1.82, 2.24) is 25.1 Å². The number of benzene rings is 1. The molecule has 4 heterocycles. The second-order valence-corrected chi connectivity index (χ2v) is 12.3. The lowest BCUT2D eigenvalue weighted by atomic mass is 9.81. The molecular weight excluding hydrogens is 506 g/mol. The summed E-state index contributed by atoms with van der Waals surface area (Å²) >= 11 is 8.19. The minimum atomic E-state index is 0.169. The molecule has 0 radical (unpaired) electrons. The van der Waals surface area contributed by atoms with E-state index in [2.05, 4.69) is 59.8 Å². The van der Waals surface area contributed by atoms with Gasteiger partial charge in [0.05, 0.1) is 23.7 Å². The lowest BCUT2D eigenvalue weighted by Crippen LogP contribution is -2.29. The Morgan fingerprint density at radius 3 is 2.73 bits per heavy atom. The number of aromatic nitrogens is 4. The van der Waals surface area contributed by atoms with E-state index in [1.165, 1.54) is 16.7 Å². The molecule has 0 aliphatic carbocycles. The van der Waals surface area contributed by atoms with Crippen LogP contribution in [0.5, 0.6) is 5.75 Å². The molecule has 0 saturated carbocycles. The maximum Gasteiger partial charge on any atom is 0.229 e. The maximum atomic E-state index is 6.50. The Morgan fingerprint density at radius 1 is 1.19 bits per heavy atom. The molecule has 37 heavy (non-hydrogen) atoms. The first kappa shape index (κ1) is 26.1. The molecule has 1 atom stereocenters. The van der Waals surface area contributed by atoms with Crippen LogP contribution in [-0.2, 0) is 13.5 Å². The molecule has 10 heteroatoms. The molecule has 2 aliphatic heterocycles. The van der Waals surface area contributed by atoms with E-state index >= 15 is 0 Å². The highest BCUT2D eigenvalue weighted by atomic mass is 35.5. The number of ether oxygens (including phenoxy) is 1. The molecule has 2 aliphatic rings. The normalized spacial score (nSPS) is 18.0. The first-order valence-corrected chi connectivity index (χ1v) is 14.3. The Labute approximate surface area is 228 Å². The van der Waals surface area contributed by atoms with Gasteiger partial charge in [-0.1, -0.05) is 37.2 Å². The van der Waals surface area contributed by atoms with E-state index in [4.69, 9.17) is 21.3 Å². The molecule has 3 N–H and O–H groups in total. The van der Waals surface area contributed by atoms with Crippen LogP contribution in [0.15, 0.2) is 23.5 Å². The summed E-state index contributed by atoms with van der Waals surface area (Å²) in [5.74, 6) is 2.51. The van der Waals surface area contributed by atoms with Gasteiger partial charge in [0.25, 0.3) is 0 Å². The fourth-order valence-corrected chi connectivity index (χ4v) is 6.26. The van der Waals surface area contributed by atoms with Gasteiger partial charge in [0.1, 0.15) is 15.8 Å². The van der Waals surface area contributed by atoms with Gasteiger partial charge in [-0.25, -0.2) is 4.98 Å². The number of aryl methyl sites for hydroxylation is 2. The maximum absolute atomic E-state index is 6.50. The lowest BCUT2D eigenvalue weighted by molar-refractivity contribution is 0.192. The molecule has 1 aromatic carbocycles. The Balaban J connectivity index is 1.46. The molecule has 0 bridgehead atoms. The zero-order valence-corrected chi connectivity index (χ0v) is 23.8. The van der Waals surface area contributed by atoms with Crippen molar-refractivity contribution in [2.75, 3.05) is 23.7 Å². The first-order chi connectivity index (χ1) is 17.8. The lowest BCUT2D eigenvalue weighted by Gasteiger charge is -2.33. The number of nitrogens with zero attached hydrogens (tertiary/aromatic N) is 4. The third-order valence-corrected chi connectivity index (χ3v) is 8.16. The van der Waals surface area contributed by atoms with Crippen molar-refractivity contribution < 1.29 is 4.74 Å². The standard InChI is InChI=1S/C27H36ClN7OS/c1-15(2)37-26-22(14-35(5)34-26)31-25-20(28)13-30-27(33-25)32-21-12-16(3)23(18-8-10-29-11-9-18)19-7-6-17(4)36-24(19)21/h12-15,17-18,29H,6-11H2,1-5H3,(H2,30,31,32,33). The van der Waals surface area contributed by atoms with Crippen molar-refractivity contribution in [3.05, 3.63) is 40.2 Å². The second kappa shape index (κ2) is 11.1. The third kappa shape index (κ3) is 5.84. The predicted molar refractivity (Wildman–Crippen MR) is 152 cm³/mol. The van der Waals surface area contributed by atoms with Gasteiger partial charge in [0.15, 0.2) is 5.82 Å². The zero-order valence-electron chi connectivity index (χ0n) is 22.2. The molecule has 2 aromatic heterocycles. The first-order valence-electron chi connectivity index (χ1n) is 13.1. The Kier molecular flexibility index (Phi) is 7.83. The highest BCUT2D eigenvalue weighted by molar-refractivity contribution is 8.00. The van der Waals surface area contributed by atoms with Crippen molar-refractivity contribution in [1.29, 1.82) is 0 Å². The van der Waals surface area contributed by atoms with Crippen LogP contribution in [0, 0.1) is 6.92 Å². The van der Waals surface area contributed by atoms with Crippen molar-refractivity contribution in [3.63, 3.8) is 0 Å². The summed E-state index contributed by atoms with van der Waals surface area (Å²) in [7, 11) is 1.91. The van der Waals surface area contributed by atoms with Crippen LogP contribution in [0.3, 0.4) is 0 Å². The Hall–Kier alpha value is -2.49. The van der Waals surface area contributed by atoms with Crippen LogP contribution in [0.4, 0.5) is 23.1 Å². The number of fused-ring (bicyclic) bond motifs is 1. The number of anilines is 4. The van der Waals surface area contributed by atoms with Crippen molar-refractivity contribution in [2.45, 2.75) is 75.7 Å². The highest BCUT2D eigenvalue weighted by Gasteiger charge is 2.29. The van der Waals surface area contributed by atoms with Crippen molar-refractivity contribution in [3.8, 4) is 5.75 Å². The minimum Gasteiger partial charge on any atom is -0.488 e. The summed E-state index contributed by atoms with van der Waals surface area (Å²) in [5.41, 5.74) is 5.88. The molecule has 5 rings (SSSR count). The molecule has 0 amide bonds. The van der Waals surface area contributed by atoms with E-state index in [9.17, 15) is 0 Å². The van der Waals surface area contributed by atoms with Gasteiger partial charge in [-0.3, -0.25) is 4.68 Å². The van der Waals surface area contributed by atoms with Gasteiger partial charge < -0.3 is 20.7 Å². The average molecular weight is 542 g/mol. The van der Waals surface area contributed by atoms with Crippen LogP contribution in [0.1, 0.15) is 62.6 Å². The molecule has 3 aromatic rings. The highest BCUT2D eigenvalue weighted by Crippen LogP contribution is 2.44. The largest absolute Gasteiger partial charge is 0.488 e. The smallest absolute Gasteiger partial charge is 0.229 e. The summed E-state index contributed by atoms with van der Waals surface area (Å²) in [6.45, 7) is 10.8. The summed E-state index contributed by atoms with van der Waals surface area (Å²) in [4.78, 5) is 9.20. The zero-order chi connectivity index (χ0) is 26.1. The number of halogens is 1. The van der Waals surface area contributed by atoms with E-state index in [0.717, 1.165) is 60.9 Å². The van der Waals surface area contributed by atoms with Crippen molar-refractivity contribution in [2.24, 2.45) is 7.05 Å². The topological polar surface area (TPSA) is 88.9 Å². The van der Waals surface area contributed by atoms with Crippen LogP contribution >= 0.6 is 23.4 Å². The van der Waals surface area contributed by atoms with Gasteiger partial charge in [-0.05, 0) is 75.7 Å². The minimum absolute atomic E-state index is 0.169. The number of nitrogens with one attached hydrogen (secondary N) is 3. The van der Waals surface area contributed by atoms with Gasteiger partial charge in [-0.2, -0.15) is 10.1 Å². The summed E-state index contributed by atoms with van der Waals surface area (Å²) in [6.07, 6.45) is 8.11. The number of thioether (sulfide) groups is 1. The van der Waals surface area contributed by atoms with Crippen LogP contribution in [0.25, 0.3) is 0 Å². The summed E-state index contributed by atoms with van der Waals surface area (Å²) < 4.78 is 8.23. The third-order valence-electron chi connectivity index (χ3n) is 6.88. The van der Waals surface area contributed by atoms with E-state index in [0.29, 0.717) is 28.0 Å². The van der Waals surface area contributed by atoms with Crippen molar-refractivity contribution >= 4 is 46.5 Å². The van der Waals surface area contributed by atoms with Crippen LogP contribution in [-0.4, -0.2) is 44.2 Å². The fourth-order valence-electron chi connectivity index (χ4n) is 5.27. The SMILES string of the molecule is Cc1cc(Nc2ncc(Cl)c(Nc3cn(C)nc3SC(C)C)n2)c2c(c1C1CCNCC1)CCC(C)O2. The van der Waals surface area contributed by atoms with Gasteiger partial charge in [0.2, 0.25) is 5.95 Å². The Bertz CT molecular complexity index is 1270. The predicted octanol–water partition coefficient (Wildman–Crippen LogP) is 6.34. The van der Waals surface area contributed by atoms with E-state index in [1.807, 2.05) is 13.2 Å². The van der Waals surface area contributed by atoms with Crippen LogP contribution < -0.4 is 20.7 Å².